The molecule has 0 saturated carbocycles. The number of benzene rings is 1. The molecule has 0 fully saturated rings. The number of hydrogen-bond acceptors (Lipinski definition) is 3. The zero-order valence-electron chi connectivity index (χ0n) is 14.1. The van der Waals surface area contributed by atoms with Crippen LogP contribution in [0.15, 0.2) is 67.3 Å². The smallest absolute Gasteiger partial charge is 0.244 e. The second-order valence-corrected chi connectivity index (χ2v) is 5.71. The van der Waals surface area contributed by atoms with Crippen LogP contribution in [0.3, 0.4) is 0 Å². The van der Waals surface area contributed by atoms with Crippen molar-refractivity contribution in [2.75, 3.05) is 6.54 Å². The summed E-state index contributed by atoms with van der Waals surface area (Å²) < 4.78 is 1.82. The van der Waals surface area contributed by atoms with Gasteiger partial charge >= 0.3 is 0 Å². The van der Waals surface area contributed by atoms with Gasteiger partial charge in [-0.1, -0.05) is 24.3 Å². The van der Waals surface area contributed by atoms with Crippen LogP contribution in [0, 0.1) is 6.92 Å². The molecule has 5 heteroatoms. The van der Waals surface area contributed by atoms with Gasteiger partial charge in [-0.3, -0.25) is 14.5 Å². The van der Waals surface area contributed by atoms with Crippen molar-refractivity contribution in [3.63, 3.8) is 0 Å². The van der Waals surface area contributed by atoms with Crippen LogP contribution in [0.2, 0.25) is 0 Å². The fourth-order valence-electron chi connectivity index (χ4n) is 2.47. The van der Waals surface area contributed by atoms with Crippen molar-refractivity contribution in [3.05, 3.63) is 78.4 Å². The lowest BCUT2D eigenvalue weighted by molar-refractivity contribution is -0.116. The first kappa shape index (κ1) is 16.6. The van der Waals surface area contributed by atoms with Crippen LogP contribution in [0.1, 0.15) is 11.1 Å². The van der Waals surface area contributed by atoms with Gasteiger partial charge in [-0.25, -0.2) is 0 Å². The molecule has 0 saturated heterocycles. The third kappa shape index (κ3) is 4.64. The number of nitrogens with zero attached hydrogens (tertiary/aromatic N) is 3. The Labute approximate surface area is 147 Å². The molecule has 0 unspecified atom stereocenters. The van der Waals surface area contributed by atoms with Crippen LogP contribution < -0.4 is 5.32 Å². The Hall–Kier alpha value is -3.21. The highest BCUT2D eigenvalue weighted by Crippen LogP contribution is 2.16. The van der Waals surface area contributed by atoms with Gasteiger partial charge in [0.15, 0.2) is 0 Å². The lowest BCUT2D eigenvalue weighted by Gasteiger charge is -2.03. The van der Waals surface area contributed by atoms with E-state index in [2.05, 4.69) is 15.4 Å². The molecule has 1 aromatic carbocycles. The molecule has 0 aliphatic heterocycles. The molecule has 5 nitrogen and oxygen atoms in total. The van der Waals surface area contributed by atoms with E-state index in [1.807, 2.05) is 66.5 Å². The van der Waals surface area contributed by atoms with Gasteiger partial charge in [-0.2, -0.15) is 5.10 Å². The Balaban J connectivity index is 1.49. The van der Waals surface area contributed by atoms with E-state index in [9.17, 15) is 4.79 Å². The molecule has 3 aromatic rings. The molecule has 0 spiro atoms. The van der Waals surface area contributed by atoms with Crippen molar-refractivity contribution in [3.8, 4) is 11.1 Å². The quantitative estimate of drug-likeness (QED) is 0.706. The summed E-state index contributed by atoms with van der Waals surface area (Å²) in [6.07, 6.45) is 10.7. The SMILES string of the molecule is Cc1ccccc1/C=C/C(=O)NCCn1cc(-c2ccncc2)cn1. The molecule has 1 amide bonds. The zero-order chi connectivity index (χ0) is 17.5. The molecule has 3 rings (SSSR count). The first-order chi connectivity index (χ1) is 12.2. The molecule has 25 heavy (non-hydrogen) atoms. The maximum atomic E-state index is 11.9. The molecule has 0 bridgehead atoms. The van der Waals surface area contributed by atoms with E-state index in [4.69, 9.17) is 0 Å². The number of hydrogen-bond donors (Lipinski definition) is 1. The number of aromatic nitrogens is 3. The highest BCUT2D eigenvalue weighted by atomic mass is 16.1. The van der Waals surface area contributed by atoms with Crippen molar-refractivity contribution in [1.82, 2.24) is 20.1 Å². The van der Waals surface area contributed by atoms with Crippen LogP contribution in [0.4, 0.5) is 0 Å². The minimum atomic E-state index is -0.107. The van der Waals surface area contributed by atoms with Crippen LogP contribution in [0.25, 0.3) is 17.2 Å². The molecular formula is C20H20N4O. The largest absolute Gasteiger partial charge is 0.351 e. The van der Waals surface area contributed by atoms with Gasteiger partial charge in [0.1, 0.15) is 0 Å². The Morgan fingerprint density at radius 3 is 2.76 bits per heavy atom. The van der Waals surface area contributed by atoms with Crippen molar-refractivity contribution < 1.29 is 4.79 Å². The van der Waals surface area contributed by atoms with E-state index in [0.29, 0.717) is 13.1 Å². The van der Waals surface area contributed by atoms with Gasteiger partial charge in [0.2, 0.25) is 5.91 Å². The fraction of sp³-hybridized carbons (Fsp3) is 0.150. The molecule has 1 N–H and O–H groups in total. The van der Waals surface area contributed by atoms with E-state index >= 15 is 0 Å². The third-order valence-electron chi connectivity index (χ3n) is 3.89. The lowest BCUT2D eigenvalue weighted by Crippen LogP contribution is -2.25. The van der Waals surface area contributed by atoms with Gasteiger partial charge in [0, 0.05) is 36.8 Å². The molecule has 126 valence electrons. The molecule has 2 aromatic heterocycles. The van der Waals surface area contributed by atoms with Gasteiger partial charge in [-0.05, 0) is 41.8 Å². The maximum Gasteiger partial charge on any atom is 0.244 e. The standard InChI is InChI=1S/C20H20N4O/c1-16-4-2-3-5-17(16)6-7-20(25)22-12-13-24-15-19(14-23-24)18-8-10-21-11-9-18/h2-11,14-15H,12-13H2,1H3,(H,22,25)/b7-6+. The Morgan fingerprint density at radius 2 is 1.96 bits per heavy atom. The van der Waals surface area contributed by atoms with Crippen molar-refractivity contribution in [2.45, 2.75) is 13.5 Å². The number of pyridine rings is 1. The minimum Gasteiger partial charge on any atom is -0.351 e. The molecule has 0 aliphatic rings. The summed E-state index contributed by atoms with van der Waals surface area (Å²) in [7, 11) is 0. The number of aryl methyl sites for hydroxylation is 1. The summed E-state index contributed by atoms with van der Waals surface area (Å²) in [6.45, 7) is 3.17. The molecule has 0 atom stereocenters. The highest BCUT2D eigenvalue weighted by molar-refractivity contribution is 5.91. The van der Waals surface area contributed by atoms with Crippen LogP contribution in [0.5, 0.6) is 0 Å². The first-order valence-corrected chi connectivity index (χ1v) is 8.17. The number of carbonyl (C=O) groups excluding carboxylic acids is 1. The second-order valence-electron chi connectivity index (χ2n) is 5.71. The summed E-state index contributed by atoms with van der Waals surface area (Å²) in [5, 5.41) is 7.19. The van der Waals surface area contributed by atoms with Crippen LogP contribution in [-0.2, 0) is 11.3 Å². The third-order valence-corrected chi connectivity index (χ3v) is 3.89. The normalized spacial score (nSPS) is 10.9. The minimum absolute atomic E-state index is 0.107. The summed E-state index contributed by atoms with van der Waals surface area (Å²) >= 11 is 0. The summed E-state index contributed by atoms with van der Waals surface area (Å²) in [5.74, 6) is -0.107. The monoisotopic (exact) mass is 332 g/mol. The molecule has 0 radical (unpaired) electrons. The number of rotatable bonds is 6. The van der Waals surface area contributed by atoms with E-state index in [1.165, 1.54) is 0 Å². The topological polar surface area (TPSA) is 59.8 Å². The lowest BCUT2D eigenvalue weighted by atomic mass is 10.1. The van der Waals surface area contributed by atoms with Crippen molar-refractivity contribution >= 4 is 12.0 Å². The van der Waals surface area contributed by atoms with E-state index in [-0.39, 0.29) is 5.91 Å². The van der Waals surface area contributed by atoms with Gasteiger partial charge < -0.3 is 5.32 Å². The summed E-state index contributed by atoms with van der Waals surface area (Å²) in [5.41, 5.74) is 4.30. The Morgan fingerprint density at radius 1 is 1.16 bits per heavy atom. The molecule has 0 aliphatic carbocycles. The number of nitrogens with one attached hydrogen (secondary N) is 1. The molecule has 2 heterocycles. The summed E-state index contributed by atoms with van der Waals surface area (Å²) in [4.78, 5) is 15.9. The van der Waals surface area contributed by atoms with Crippen molar-refractivity contribution in [2.24, 2.45) is 0 Å². The average molecular weight is 332 g/mol. The van der Waals surface area contributed by atoms with Crippen LogP contribution >= 0.6 is 0 Å². The molecular weight excluding hydrogens is 312 g/mol. The van der Waals surface area contributed by atoms with Gasteiger partial charge in [-0.15, -0.1) is 0 Å². The fourth-order valence-corrected chi connectivity index (χ4v) is 2.47. The Kier molecular flexibility index (Phi) is 5.36. The van der Waals surface area contributed by atoms with Gasteiger partial charge in [0.05, 0.1) is 12.7 Å². The number of amides is 1. The Bertz CT molecular complexity index is 868. The zero-order valence-corrected chi connectivity index (χ0v) is 14.1. The maximum absolute atomic E-state index is 11.9. The van der Waals surface area contributed by atoms with E-state index in [1.54, 1.807) is 18.5 Å². The predicted molar refractivity (Wildman–Crippen MR) is 98.7 cm³/mol. The van der Waals surface area contributed by atoms with Crippen molar-refractivity contribution in [1.29, 1.82) is 0 Å². The summed E-state index contributed by atoms with van der Waals surface area (Å²) in [6, 6.07) is 11.8. The van der Waals surface area contributed by atoms with E-state index < -0.39 is 0 Å². The highest BCUT2D eigenvalue weighted by Gasteiger charge is 2.02. The first-order valence-electron chi connectivity index (χ1n) is 8.17. The van der Waals surface area contributed by atoms with E-state index in [0.717, 1.165) is 22.3 Å². The number of carbonyl (C=O) groups is 1. The van der Waals surface area contributed by atoms with Crippen LogP contribution in [-0.4, -0.2) is 27.2 Å². The second kappa shape index (κ2) is 8.06. The average Bonchev–Trinajstić information content (AvgIpc) is 3.11. The van der Waals surface area contributed by atoms with Gasteiger partial charge in [0.25, 0.3) is 0 Å². The predicted octanol–water partition coefficient (Wildman–Crippen LogP) is 3.08.